The van der Waals surface area contributed by atoms with Crippen LogP contribution in [-0.2, 0) is 9.53 Å². The first-order valence-corrected chi connectivity index (χ1v) is 6.61. The van der Waals surface area contributed by atoms with Gasteiger partial charge in [0.1, 0.15) is 17.3 Å². The third-order valence-electron chi connectivity index (χ3n) is 2.46. The van der Waals surface area contributed by atoms with Crippen molar-refractivity contribution in [3.63, 3.8) is 0 Å². The lowest BCUT2D eigenvalue weighted by Crippen LogP contribution is -2.16. The maximum atomic E-state index is 12.9. The van der Waals surface area contributed by atoms with E-state index in [2.05, 4.69) is 15.0 Å². The number of benzene rings is 1. The van der Waals surface area contributed by atoms with Crippen molar-refractivity contribution in [2.75, 3.05) is 19.0 Å². The summed E-state index contributed by atoms with van der Waals surface area (Å²) in [5.41, 5.74) is 0.637. The number of halogens is 1. The van der Waals surface area contributed by atoms with Crippen LogP contribution in [-0.4, -0.2) is 35.7 Å². The van der Waals surface area contributed by atoms with E-state index in [0.29, 0.717) is 5.56 Å². The highest BCUT2D eigenvalue weighted by Gasteiger charge is 2.19. The van der Waals surface area contributed by atoms with Gasteiger partial charge in [-0.25, -0.2) is 14.2 Å². The van der Waals surface area contributed by atoms with Gasteiger partial charge in [0.2, 0.25) is 0 Å². The lowest BCUT2D eigenvalue weighted by atomic mass is 10.1. The summed E-state index contributed by atoms with van der Waals surface area (Å²) in [7, 11) is 1.37. The molecule has 0 aliphatic carbocycles. The quantitative estimate of drug-likeness (QED) is 0.884. The van der Waals surface area contributed by atoms with Gasteiger partial charge in [0.05, 0.1) is 5.69 Å². The molecule has 2 aromatic rings. The molecule has 1 aromatic carbocycles. The Morgan fingerprint density at radius 3 is 2.62 bits per heavy atom. The monoisotopic (exact) mass is 310 g/mol. The van der Waals surface area contributed by atoms with Crippen molar-refractivity contribution in [1.29, 1.82) is 0 Å². The molecule has 0 unspecified atom stereocenters. The van der Waals surface area contributed by atoms with Crippen LogP contribution in [0.1, 0.15) is 9.67 Å². The zero-order chi connectivity index (χ0) is 15.4. The lowest BCUT2D eigenvalue weighted by molar-refractivity contribution is -0.119. The Bertz CT molecular complexity index is 669. The van der Waals surface area contributed by atoms with Crippen molar-refractivity contribution < 1.29 is 23.8 Å². The number of methoxy groups -OCH3 is 1. The van der Waals surface area contributed by atoms with Crippen molar-refractivity contribution in [2.24, 2.45) is 0 Å². The molecule has 0 radical (unpaired) electrons. The Balaban J connectivity index is 2.36. The zero-order valence-corrected chi connectivity index (χ0v) is 11.7. The number of hydrogen-bond donors (Lipinski definition) is 2. The average Bonchev–Trinajstić information content (AvgIpc) is 2.84. The Morgan fingerprint density at radius 2 is 2.05 bits per heavy atom. The predicted octanol–water partition coefficient (Wildman–Crippen LogP) is 2.23. The molecule has 21 heavy (non-hydrogen) atoms. The van der Waals surface area contributed by atoms with Gasteiger partial charge in [-0.1, -0.05) is 11.3 Å². The number of nitrogens with one attached hydrogen (secondary N) is 1. The number of carbonyl (C=O) groups excluding carboxylic acids is 1. The lowest BCUT2D eigenvalue weighted by Gasteiger charge is -1.99. The molecule has 0 saturated heterocycles. The van der Waals surface area contributed by atoms with E-state index in [1.54, 1.807) is 0 Å². The molecule has 0 aliphatic heterocycles. The molecule has 110 valence electrons. The normalized spacial score (nSPS) is 10.4. The molecule has 0 aliphatic rings. The summed E-state index contributed by atoms with van der Waals surface area (Å²) in [6.07, 6.45) is 0. The van der Waals surface area contributed by atoms with Crippen LogP contribution in [0.4, 0.5) is 9.52 Å². The van der Waals surface area contributed by atoms with Crippen LogP contribution in [0.5, 0.6) is 0 Å². The number of nitrogens with zero attached hydrogens (tertiary/aromatic N) is 1. The number of carboxylic acid groups (broad SMARTS) is 1. The minimum Gasteiger partial charge on any atom is -0.477 e. The molecule has 2 N–H and O–H groups in total. The first-order chi connectivity index (χ1) is 10.0. The number of anilines is 1. The van der Waals surface area contributed by atoms with E-state index < -0.39 is 17.7 Å². The summed E-state index contributed by atoms with van der Waals surface area (Å²) in [5.74, 6) is -2.03. The second-order valence-corrected chi connectivity index (χ2v) is 4.99. The summed E-state index contributed by atoms with van der Waals surface area (Å²) in [5, 5.41) is 11.8. The molecule has 6 nitrogen and oxygen atoms in total. The molecular formula is C13H11FN2O4S. The molecule has 0 bridgehead atoms. The second-order valence-electron chi connectivity index (χ2n) is 3.99. The molecule has 0 saturated carbocycles. The Kier molecular flexibility index (Phi) is 4.61. The summed E-state index contributed by atoms with van der Waals surface area (Å²) in [4.78, 5) is 26.7. The summed E-state index contributed by atoms with van der Waals surface area (Å²) < 4.78 is 17.6. The molecule has 1 heterocycles. The van der Waals surface area contributed by atoms with E-state index in [1.165, 1.54) is 31.4 Å². The number of ether oxygens (including phenoxy) is 1. The maximum Gasteiger partial charge on any atom is 0.348 e. The van der Waals surface area contributed by atoms with Gasteiger partial charge in [0.25, 0.3) is 5.91 Å². The van der Waals surface area contributed by atoms with E-state index in [0.717, 1.165) is 11.3 Å². The maximum absolute atomic E-state index is 12.9. The van der Waals surface area contributed by atoms with E-state index in [-0.39, 0.29) is 22.3 Å². The third-order valence-corrected chi connectivity index (χ3v) is 3.42. The topological polar surface area (TPSA) is 88.5 Å². The van der Waals surface area contributed by atoms with Crippen molar-refractivity contribution in [3.8, 4) is 11.3 Å². The van der Waals surface area contributed by atoms with Gasteiger partial charge in [0.15, 0.2) is 5.13 Å². The molecule has 8 heteroatoms. The number of hydrogen-bond acceptors (Lipinski definition) is 5. The Labute approximate surface area is 123 Å². The molecule has 0 atom stereocenters. The Morgan fingerprint density at radius 1 is 1.38 bits per heavy atom. The number of carboxylic acids is 1. The Hall–Kier alpha value is -2.32. The van der Waals surface area contributed by atoms with Crippen molar-refractivity contribution in [2.45, 2.75) is 0 Å². The number of thiazole rings is 1. The van der Waals surface area contributed by atoms with Crippen LogP contribution in [0.2, 0.25) is 0 Å². The van der Waals surface area contributed by atoms with Crippen LogP contribution < -0.4 is 5.32 Å². The summed E-state index contributed by atoms with van der Waals surface area (Å²) >= 11 is 0.829. The number of rotatable bonds is 5. The SMILES string of the molecule is COCC(=O)Nc1nc(-c2ccc(F)cc2)c(C(=O)O)s1. The highest BCUT2D eigenvalue weighted by Crippen LogP contribution is 2.31. The van der Waals surface area contributed by atoms with Crippen molar-refractivity contribution >= 4 is 28.3 Å². The molecule has 0 fully saturated rings. The van der Waals surface area contributed by atoms with Gasteiger partial charge in [0, 0.05) is 12.7 Å². The fourth-order valence-electron chi connectivity index (χ4n) is 1.61. The third kappa shape index (κ3) is 3.61. The van der Waals surface area contributed by atoms with Gasteiger partial charge >= 0.3 is 5.97 Å². The number of aromatic nitrogens is 1. The summed E-state index contributed by atoms with van der Waals surface area (Å²) in [6.45, 7) is -0.159. The standard InChI is InChI=1S/C13H11FN2O4S/c1-20-6-9(17)15-13-16-10(11(21-13)12(18)19)7-2-4-8(14)5-3-7/h2-5H,6H2,1H3,(H,18,19)(H,15,16,17). The van der Waals surface area contributed by atoms with Gasteiger partial charge in [-0.15, -0.1) is 0 Å². The van der Waals surface area contributed by atoms with Gasteiger partial charge in [-0.2, -0.15) is 0 Å². The first-order valence-electron chi connectivity index (χ1n) is 5.80. The van der Waals surface area contributed by atoms with E-state index in [9.17, 15) is 19.1 Å². The van der Waals surface area contributed by atoms with Crippen molar-refractivity contribution in [1.82, 2.24) is 4.98 Å². The van der Waals surface area contributed by atoms with E-state index in [1.807, 2.05) is 0 Å². The largest absolute Gasteiger partial charge is 0.477 e. The van der Waals surface area contributed by atoms with E-state index in [4.69, 9.17) is 0 Å². The zero-order valence-electron chi connectivity index (χ0n) is 10.9. The van der Waals surface area contributed by atoms with Crippen LogP contribution in [0, 0.1) is 5.82 Å². The fraction of sp³-hybridized carbons (Fsp3) is 0.154. The summed E-state index contributed by atoms with van der Waals surface area (Å²) in [6, 6.07) is 5.28. The van der Waals surface area contributed by atoms with Gasteiger partial charge in [-0.3, -0.25) is 10.1 Å². The molecule has 2 rings (SSSR count). The minimum absolute atomic E-state index is 0.0330. The van der Waals surface area contributed by atoms with Gasteiger partial charge < -0.3 is 9.84 Å². The molecule has 0 spiro atoms. The predicted molar refractivity (Wildman–Crippen MR) is 75.0 cm³/mol. The average molecular weight is 310 g/mol. The molecular weight excluding hydrogens is 299 g/mol. The smallest absolute Gasteiger partial charge is 0.348 e. The number of carbonyl (C=O) groups is 2. The molecule has 1 aromatic heterocycles. The highest BCUT2D eigenvalue weighted by molar-refractivity contribution is 7.18. The minimum atomic E-state index is -1.17. The van der Waals surface area contributed by atoms with Crippen LogP contribution in [0.3, 0.4) is 0 Å². The second kappa shape index (κ2) is 6.42. The van der Waals surface area contributed by atoms with Crippen LogP contribution >= 0.6 is 11.3 Å². The fourth-order valence-corrected chi connectivity index (χ4v) is 2.45. The number of aromatic carboxylic acids is 1. The van der Waals surface area contributed by atoms with Gasteiger partial charge in [-0.05, 0) is 24.3 Å². The highest BCUT2D eigenvalue weighted by atomic mass is 32.1. The molecule has 1 amide bonds. The van der Waals surface area contributed by atoms with Crippen LogP contribution in [0.25, 0.3) is 11.3 Å². The van der Waals surface area contributed by atoms with Crippen LogP contribution in [0.15, 0.2) is 24.3 Å². The van der Waals surface area contributed by atoms with E-state index >= 15 is 0 Å². The number of amides is 1. The van der Waals surface area contributed by atoms with Crippen molar-refractivity contribution in [3.05, 3.63) is 35.0 Å². The first kappa shape index (κ1) is 15.1.